The van der Waals surface area contributed by atoms with Gasteiger partial charge in [-0.05, 0) is 12.8 Å². The average molecular weight is 161 g/mol. The number of ether oxygens (including phenoxy) is 1. The van der Waals surface area contributed by atoms with Crippen molar-refractivity contribution >= 4 is 0 Å². The van der Waals surface area contributed by atoms with Gasteiger partial charge in [-0.25, -0.2) is 4.39 Å². The number of hydrogen-bond acceptors (Lipinski definition) is 2. The van der Waals surface area contributed by atoms with Crippen LogP contribution in [0, 0.1) is 5.41 Å². The normalized spacial score (nSPS) is 26.5. The predicted octanol–water partition coefficient (Wildman–Crippen LogP) is 1.10. The summed E-state index contributed by atoms with van der Waals surface area (Å²) < 4.78 is 18.4. The van der Waals surface area contributed by atoms with Crippen molar-refractivity contribution in [3.05, 3.63) is 0 Å². The summed E-state index contributed by atoms with van der Waals surface area (Å²) in [7, 11) is 0. The number of nitrogens with two attached hydrogens (primary N) is 1. The fourth-order valence-corrected chi connectivity index (χ4v) is 1.44. The molecule has 1 rings (SSSR count). The molecule has 2 N–H and O–H groups in total. The highest BCUT2D eigenvalue weighted by Crippen LogP contribution is 2.34. The molecule has 1 fully saturated rings. The number of rotatable bonds is 2. The van der Waals surface area contributed by atoms with E-state index in [1.807, 2.05) is 6.92 Å². The van der Waals surface area contributed by atoms with E-state index in [1.165, 1.54) is 0 Å². The zero-order chi connectivity index (χ0) is 8.32. The zero-order valence-electron chi connectivity index (χ0n) is 6.98. The summed E-state index contributed by atoms with van der Waals surface area (Å²) in [6.07, 6.45) is 0.725. The lowest BCUT2D eigenvalue weighted by Gasteiger charge is -2.35. The Hall–Kier alpha value is -0.150. The Bertz CT molecular complexity index is 123. The third kappa shape index (κ3) is 1.91. The van der Waals surface area contributed by atoms with Crippen molar-refractivity contribution in [3.8, 4) is 0 Å². The molecule has 0 amide bonds. The van der Waals surface area contributed by atoms with Crippen LogP contribution >= 0.6 is 0 Å². The second kappa shape index (κ2) is 3.50. The van der Waals surface area contributed by atoms with E-state index in [0.717, 1.165) is 12.8 Å². The van der Waals surface area contributed by atoms with Gasteiger partial charge in [-0.2, -0.15) is 0 Å². The molecule has 1 aliphatic rings. The van der Waals surface area contributed by atoms with Gasteiger partial charge < -0.3 is 10.5 Å². The van der Waals surface area contributed by atoms with Gasteiger partial charge in [0.15, 0.2) is 0 Å². The van der Waals surface area contributed by atoms with E-state index >= 15 is 0 Å². The van der Waals surface area contributed by atoms with Crippen LogP contribution in [0.5, 0.6) is 0 Å². The maximum absolute atomic E-state index is 13.2. The first kappa shape index (κ1) is 8.94. The molecule has 0 aromatic heterocycles. The van der Waals surface area contributed by atoms with Gasteiger partial charge in [-0.1, -0.05) is 6.92 Å². The Kier molecular flexibility index (Phi) is 2.84. The van der Waals surface area contributed by atoms with E-state index in [0.29, 0.717) is 13.2 Å². The Labute approximate surface area is 66.9 Å². The molecule has 1 aliphatic heterocycles. The van der Waals surface area contributed by atoms with E-state index in [2.05, 4.69) is 0 Å². The molecule has 0 aromatic carbocycles. The Balaban J connectivity index is 2.49. The third-order valence-electron chi connectivity index (χ3n) is 2.60. The van der Waals surface area contributed by atoms with Crippen LogP contribution in [-0.4, -0.2) is 25.9 Å². The molecule has 0 aliphatic carbocycles. The van der Waals surface area contributed by atoms with Crippen molar-refractivity contribution < 1.29 is 9.13 Å². The Morgan fingerprint density at radius 1 is 1.55 bits per heavy atom. The molecule has 1 saturated heterocycles. The van der Waals surface area contributed by atoms with Crippen LogP contribution in [0.25, 0.3) is 0 Å². The van der Waals surface area contributed by atoms with E-state index in [4.69, 9.17) is 10.5 Å². The van der Waals surface area contributed by atoms with Gasteiger partial charge in [-0.3, -0.25) is 0 Å². The average Bonchev–Trinajstić information content (AvgIpc) is 2.04. The molecule has 0 radical (unpaired) electrons. The molecule has 3 heteroatoms. The van der Waals surface area contributed by atoms with Crippen LogP contribution in [0.2, 0.25) is 0 Å². The quantitative estimate of drug-likeness (QED) is 0.658. The minimum Gasteiger partial charge on any atom is -0.381 e. The van der Waals surface area contributed by atoms with E-state index in [-0.39, 0.29) is 12.0 Å². The van der Waals surface area contributed by atoms with Crippen LogP contribution in [0.1, 0.15) is 19.8 Å². The molecule has 0 aromatic rings. The lowest BCUT2D eigenvalue weighted by atomic mass is 9.78. The van der Waals surface area contributed by atoms with Gasteiger partial charge in [0.1, 0.15) is 6.17 Å². The molecule has 0 spiro atoms. The first-order valence-corrected chi connectivity index (χ1v) is 4.11. The summed E-state index contributed by atoms with van der Waals surface area (Å²) in [6, 6.07) is 0. The summed E-state index contributed by atoms with van der Waals surface area (Å²) in [5, 5.41) is 0. The predicted molar refractivity (Wildman–Crippen MR) is 42.1 cm³/mol. The summed E-state index contributed by atoms with van der Waals surface area (Å²) in [5.74, 6) is 0. The highest BCUT2D eigenvalue weighted by Gasteiger charge is 2.35. The molecule has 0 bridgehead atoms. The van der Waals surface area contributed by atoms with Gasteiger partial charge in [0.25, 0.3) is 0 Å². The van der Waals surface area contributed by atoms with Crippen molar-refractivity contribution in [2.45, 2.75) is 25.9 Å². The second-order valence-corrected chi connectivity index (χ2v) is 3.47. The van der Waals surface area contributed by atoms with Crippen LogP contribution in [0.15, 0.2) is 0 Å². The van der Waals surface area contributed by atoms with Crippen LogP contribution in [0.3, 0.4) is 0 Å². The smallest absolute Gasteiger partial charge is 0.118 e. The van der Waals surface area contributed by atoms with Gasteiger partial charge in [0.05, 0.1) is 0 Å². The van der Waals surface area contributed by atoms with Crippen LogP contribution < -0.4 is 5.73 Å². The summed E-state index contributed by atoms with van der Waals surface area (Å²) >= 11 is 0. The van der Waals surface area contributed by atoms with Gasteiger partial charge in [-0.15, -0.1) is 0 Å². The lowest BCUT2D eigenvalue weighted by Crippen LogP contribution is -2.39. The first-order chi connectivity index (χ1) is 5.19. The highest BCUT2D eigenvalue weighted by molar-refractivity contribution is 4.85. The zero-order valence-corrected chi connectivity index (χ0v) is 6.98. The molecule has 0 saturated carbocycles. The summed E-state index contributed by atoms with van der Waals surface area (Å²) in [4.78, 5) is 0. The maximum atomic E-state index is 13.2. The second-order valence-electron chi connectivity index (χ2n) is 3.47. The monoisotopic (exact) mass is 161 g/mol. The first-order valence-electron chi connectivity index (χ1n) is 4.11. The lowest BCUT2D eigenvalue weighted by molar-refractivity contribution is -0.0165. The molecule has 1 heterocycles. The maximum Gasteiger partial charge on any atom is 0.118 e. The van der Waals surface area contributed by atoms with Crippen molar-refractivity contribution in [1.82, 2.24) is 0 Å². The van der Waals surface area contributed by atoms with E-state index in [9.17, 15) is 4.39 Å². The molecule has 1 atom stereocenters. The molecule has 66 valence electrons. The minimum atomic E-state index is -0.869. The summed E-state index contributed by atoms with van der Waals surface area (Å²) in [5.41, 5.74) is 5.04. The SMILES string of the molecule is CC1(C(F)CN)CCOCC1. The minimum absolute atomic E-state index is 0.135. The molecular formula is C8H16FNO. The Morgan fingerprint density at radius 2 is 2.09 bits per heavy atom. The van der Waals surface area contributed by atoms with Crippen molar-refractivity contribution in [1.29, 1.82) is 0 Å². The molecule has 11 heavy (non-hydrogen) atoms. The molecule has 2 nitrogen and oxygen atoms in total. The van der Waals surface area contributed by atoms with E-state index in [1.54, 1.807) is 0 Å². The van der Waals surface area contributed by atoms with E-state index < -0.39 is 6.17 Å². The number of alkyl halides is 1. The van der Waals surface area contributed by atoms with Crippen molar-refractivity contribution in [2.24, 2.45) is 11.1 Å². The molecule has 1 unspecified atom stereocenters. The van der Waals surface area contributed by atoms with Crippen molar-refractivity contribution in [3.63, 3.8) is 0 Å². The van der Waals surface area contributed by atoms with Crippen LogP contribution in [-0.2, 0) is 4.74 Å². The topological polar surface area (TPSA) is 35.2 Å². The standard InChI is InChI=1S/C8H16FNO/c1-8(7(9)6-10)2-4-11-5-3-8/h7H,2-6,10H2,1H3. The third-order valence-corrected chi connectivity index (χ3v) is 2.60. The number of halogens is 1. The van der Waals surface area contributed by atoms with Crippen LogP contribution in [0.4, 0.5) is 4.39 Å². The largest absolute Gasteiger partial charge is 0.381 e. The highest BCUT2D eigenvalue weighted by atomic mass is 19.1. The van der Waals surface area contributed by atoms with Crippen molar-refractivity contribution in [2.75, 3.05) is 19.8 Å². The van der Waals surface area contributed by atoms with Gasteiger partial charge >= 0.3 is 0 Å². The van der Waals surface area contributed by atoms with Gasteiger partial charge in [0, 0.05) is 25.2 Å². The number of hydrogen-bond donors (Lipinski definition) is 1. The molecular weight excluding hydrogens is 145 g/mol. The van der Waals surface area contributed by atoms with Gasteiger partial charge in [0.2, 0.25) is 0 Å². The fourth-order valence-electron chi connectivity index (χ4n) is 1.44. The summed E-state index contributed by atoms with van der Waals surface area (Å²) in [6.45, 7) is 3.44. The fraction of sp³-hybridized carbons (Fsp3) is 1.00. The Morgan fingerprint density at radius 3 is 2.55 bits per heavy atom.